The normalized spacial score (nSPS) is 30.1. The summed E-state index contributed by atoms with van der Waals surface area (Å²) in [5.74, 6) is -4.34. The first-order chi connectivity index (χ1) is 24.2. The fourth-order valence-electron chi connectivity index (χ4n) is 8.58. The van der Waals surface area contributed by atoms with Gasteiger partial charge in [0.1, 0.15) is 0 Å². The first kappa shape index (κ1) is 41.3. The molecule has 4 aliphatic carbocycles. The van der Waals surface area contributed by atoms with Gasteiger partial charge in [0.2, 0.25) is 11.7 Å². The summed E-state index contributed by atoms with van der Waals surface area (Å²) >= 11 is 4.64. The number of ether oxygens (including phenoxy) is 2. The minimum Gasteiger partial charge on any atom is -0.457 e. The molecular weight excluding hydrogens is 698 g/mol. The molecule has 4 rings (SSSR count). The molecule has 18 heteroatoms. The third kappa shape index (κ3) is 9.81. The van der Waals surface area contributed by atoms with E-state index in [1.807, 2.05) is 13.0 Å². The van der Waals surface area contributed by atoms with Crippen LogP contribution >= 0.6 is 11.6 Å². The lowest BCUT2D eigenvalue weighted by molar-refractivity contribution is -0.757. The molecule has 284 valence electrons. The Balaban J connectivity index is 0.00000345. The molecule has 0 aliphatic heterocycles. The average Bonchev–Trinajstić information content (AvgIpc) is 3.35. The molecule has 17 nitrogen and oxygen atoms in total. The second-order valence-corrected chi connectivity index (χ2v) is 13.4. The maximum atomic E-state index is 14.1. The Hall–Kier alpha value is -4.12. The molecule has 0 aromatic rings. The van der Waals surface area contributed by atoms with Crippen molar-refractivity contribution in [2.45, 2.75) is 83.3 Å². The Morgan fingerprint density at radius 2 is 1.65 bits per heavy atom. The summed E-state index contributed by atoms with van der Waals surface area (Å²) in [4.78, 5) is 93.1. The van der Waals surface area contributed by atoms with E-state index in [-0.39, 0.29) is 81.8 Å². The summed E-state index contributed by atoms with van der Waals surface area (Å²) in [6.07, 6.45) is 6.95. The van der Waals surface area contributed by atoms with Crippen molar-refractivity contribution in [3.8, 4) is 0 Å². The number of amides is 1. The fourth-order valence-corrected chi connectivity index (χ4v) is 8.58. The summed E-state index contributed by atoms with van der Waals surface area (Å²) in [6, 6.07) is 0. The minimum atomic E-state index is -1.74. The van der Waals surface area contributed by atoms with Gasteiger partial charge in [0.05, 0.1) is 25.7 Å². The number of esters is 2. The molecule has 0 bridgehead atoms. The number of rotatable bonds is 17. The number of carbonyl (C=O) groups is 5. The zero-order chi connectivity index (χ0) is 37.9. The number of nitrogens with one attached hydrogen (secondary N) is 1. The lowest BCUT2D eigenvalue weighted by atomic mass is 9.49. The van der Waals surface area contributed by atoms with Crippen LogP contribution in [0.5, 0.6) is 0 Å². The number of hydrogen-bond donors (Lipinski definition) is 2. The molecule has 0 saturated heterocycles. The van der Waals surface area contributed by atoms with Crippen LogP contribution in [0.15, 0.2) is 23.8 Å². The maximum Gasteiger partial charge on any atom is 0.308 e. The highest BCUT2D eigenvalue weighted by molar-refractivity contribution is 6.15. The number of fused-ring (bicyclic) bond motifs is 5. The van der Waals surface area contributed by atoms with E-state index < -0.39 is 69.4 Å². The topological polar surface area (TPSA) is 241 Å². The first-order valence-corrected chi connectivity index (χ1v) is 17.7. The van der Waals surface area contributed by atoms with E-state index in [9.17, 15) is 49.3 Å². The standard InChI is InChI=1S/C32H43N3O14.CH3Cl/c1-19-15-23-22-8-7-20-16-21(36)9-11-31(20,2)30(22)25(37)17-24(23)32(19,49-29(41)6-4-14-48-35(44)45)26(38)18-46-28(40)10-12-33-27(39)5-3-13-47-34(42)43;1-2/h9,11,16,19,22-25,30,37H,3-8,10,12-15,17-18H2,1-2H3,(H,33,39);1H3/t19?,22?,23?,24?,25?,30?,31?,32-;/m1./s1. The van der Waals surface area contributed by atoms with Crippen molar-refractivity contribution in [1.82, 2.24) is 5.32 Å². The number of aliphatic hydroxyl groups excluding tert-OH is 1. The van der Waals surface area contributed by atoms with Gasteiger partial charge in [0.15, 0.2) is 18.0 Å². The quantitative estimate of drug-likeness (QED) is 0.0716. The Morgan fingerprint density at radius 3 is 2.29 bits per heavy atom. The van der Waals surface area contributed by atoms with Crippen LogP contribution in [0.2, 0.25) is 0 Å². The number of allylic oxidation sites excluding steroid dienone is 4. The van der Waals surface area contributed by atoms with Gasteiger partial charge in [0.25, 0.3) is 10.2 Å². The van der Waals surface area contributed by atoms with E-state index in [1.165, 1.54) is 12.5 Å². The van der Waals surface area contributed by atoms with E-state index in [0.717, 1.165) is 5.57 Å². The van der Waals surface area contributed by atoms with Crippen molar-refractivity contribution in [1.29, 1.82) is 0 Å². The van der Waals surface area contributed by atoms with Crippen LogP contribution in [-0.4, -0.2) is 89.1 Å². The van der Waals surface area contributed by atoms with Crippen molar-refractivity contribution in [3.05, 3.63) is 44.0 Å². The number of halogens is 1. The van der Waals surface area contributed by atoms with Gasteiger partial charge in [-0.15, -0.1) is 31.8 Å². The summed E-state index contributed by atoms with van der Waals surface area (Å²) < 4.78 is 11.3. The van der Waals surface area contributed by atoms with Crippen LogP contribution in [0.4, 0.5) is 0 Å². The van der Waals surface area contributed by atoms with Crippen molar-refractivity contribution in [2.75, 3.05) is 32.7 Å². The largest absolute Gasteiger partial charge is 0.457 e. The maximum absolute atomic E-state index is 14.1. The van der Waals surface area contributed by atoms with Crippen LogP contribution in [0.3, 0.4) is 0 Å². The molecule has 7 unspecified atom stereocenters. The van der Waals surface area contributed by atoms with Crippen LogP contribution in [-0.2, 0) is 43.1 Å². The number of ketones is 2. The Bertz CT molecular complexity index is 1400. The number of carbonyl (C=O) groups excluding carboxylic acids is 5. The third-order valence-electron chi connectivity index (χ3n) is 10.6. The molecule has 3 saturated carbocycles. The summed E-state index contributed by atoms with van der Waals surface area (Å²) in [6.45, 7) is 2.36. The van der Waals surface area contributed by atoms with Crippen LogP contribution in [0.25, 0.3) is 0 Å². The Kier molecular flexibility index (Phi) is 14.9. The zero-order valence-electron chi connectivity index (χ0n) is 28.9. The van der Waals surface area contributed by atoms with E-state index in [2.05, 4.69) is 26.6 Å². The van der Waals surface area contributed by atoms with Crippen LogP contribution in [0.1, 0.15) is 71.6 Å². The number of hydrogen-bond acceptors (Lipinski definition) is 14. The van der Waals surface area contributed by atoms with Crippen molar-refractivity contribution < 1.29 is 58.4 Å². The number of aliphatic hydroxyl groups is 1. The highest BCUT2D eigenvalue weighted by Gasteiger charge is 2.67. The summed E-state index contributed by atoms with van der Waals surface area (Å²) in [7, 11) is 0. The Morgan fingerprint density at radius 1 is 1.00 bits per heavy atom. The molecule has 0 aromatic heterocycles. The molecule has 3 fully saturated rings. The minimum absolute atomic E-state index is 0.0398. The zero-order valence-corrected chi connectivity index (χ0v) is 29.7. The fraction of sp³-hybridized carbons (Fsp3) is 0.727. The third-order valence-corrected chi connectivity index (χ3v) is 10.6. The van der Waals surface area contributed by atoms with Crippen molar-refractivity contribution >= 4 is 41.0 Å². The lowest BCUT2D eigenvalue weighted by Gasteiger charge is -2.56. The first-order valence-electron chi connectivity index (χ1n) is 16.9. The van der Waals surface area contributed by atoms with E-state index in [4.69, 9.17) is 9.47 Å². The van der Waals surface area contributed by atoms with Crippen LogP contribution in [0, 0.1) is 55.2 Å². The van der Waals surface area contributed by atoms with Gasteiger partial charge in [-0.3, -0.25) is 24.0 Å². The molecule has 0 spiro atoms. The predicted molar refractivity (Wildman–Crippen MR) is 176 cm³/mol. The second-order valence-electron chi connectivity index (χ2n) is 13.4. The number of Topliss-reactive ketones (excluding diaryl/α,β-unsaturated/α-hetero) is 1. The van der Waals surface area contributed by atoms with Gasteiger partial charge in [-0.05, 0) is 62.5 Å². The molecule has 1 amide bonds. The molecular formula is C33H46ClN3O14. The number of nitrogens with zero attached hydrogens (tertiary/aromatic N) is 2. The monoisotopic (exact) mass is 743 g/mol. The van der Waals surface area contributed by atoms with Gasteiger partial charge < -0.3 is 29.6 Å². The van der Waals surface area contributed by atoms with Gasteiger partial charge in [0, 0.05) is 48.9 Å². The molecule has 0 heterocycles. The Labute approximate surface area is 299 Å². The van der Waals surface area contributed by atoms with E-state index >= 15 is 0 Å². The second kappa shape index (κ2) is 18.4. The van der Waals surface area contributed by atoms with Crippen LogP contribution < -0.4 is 5.32 Å². The molecule has 4 aliphatic rings. The highest BCUT2D eigenvalue weighted by Crippen LogP contribution is 2.64. The molecule has 2 N–H and O–H groups in total. The lowest BCUT2D eigenvalue weighted by Crippen LogP contribution is -2.59. The van der Waals surface area contributed by atoms with E-state index in [1.54, 1.807) is 13.0 Å². The predicted octanol–water partition coefficient (Wildman–Crippen LogP) is 2.85. The van der Waals surface area contributed by atoms with Crippen molar-refractivity contribution in [3.63, 3.8) is 0 Å². The molecule has 0 aromatic carbocycles. The number of alkyl halides is 1. The van der Waals surface area contributed by atoms with Gasteiger partial charge in [-0.2, -0.15) is 0 Å². The molecule has 0 radical (unpaired) electrons. The van der Waals surface area contributed by atoms with E-state index in [0.29, 0.717) is 19.3 Å². The van der Waals surface area contributed by atoms with Gasteiger partial charge in [-0.1, -0.05) is 25.5 Å². The average molecular weight is 744 g/mol. The summed E-state index contributed by atoms with van der Waals surface area (Å²) in [5, 5.41) is 33.0. The van der Waals surface area contributed by atoms with Gasteiger partial charge >= 0.3 is 11.9 Å². The smallest absolute Gasteiger partial charge is 0.308 e. The summed E-state index contributed by atoms with van der Waals surface area (Å²) in [5.41, 5.74) is -1.34. The molecule has 8 atom stereocenters. The van der Waals surface area contributed by atoms with Crippen molar-refractivity contribution in [2.24, 2.45) is 35.0 Å². The molecule has 51 heavy (non-hydrogen) atoms. The highest BCUT2D eigenvalue weighted by atomic mass is 35.5. The van der Waals surface area contributed by atoms with Gasteiger partial charge in [-0.25, -0.2) is 0 Å². The SMILES string of the molecule is CC1CC2C3CCC4=CC(=O)C=CC4(C)C3C(O)CC2[C@@]1(OC(=O)CCCO[N+](=O)[O-])C(=O)COC(=O)CCNC(=O)CCCO[N+](=O)[O-].CCl.